The highest BCUT2D eigenvalue weighted by Gasteiger charge is 1.93. The largest absolute Gasteiger partial charge is 0.0899 e. The van der Waals surface area contributed by atoms with Crippen molar-refractivity contribution in [2.75, 3.05) is 6.54 Å². The number of halogens is 2. The Morgan fingerprint density at radius 2 is 1.93 bits per heavy atom. The van der Waals surface area contributed by atoms with Crippen LogP contribution in [-0.2, 0) is 0 Å². The topological polar surface area (TPSA) is 48.8 Å². The van der Waals surface area contributed by atoms with E-state index in [1.807, 2.05) is 30.4 Å². The Labute approximate surface area is 98.7 Å². The molecule has 0 aromatic heterocycles. The summed E-state index contributed by atoms with van der Waals surface area (Å²) in [6.45, 7) is 0.376. The van der Waals surface area contributed by atoms with Crippen molar-refractivity contribution in [3.05, 3.63) is 49.2 Å². The van der Waals surface area contributed by atoms with Crippen molar-refractivity contribution in [3.63, 3.8) is 0 Å². The molecule has 0 aliphatic heterocycles. The molecular formula is C9H7Br2N3. The number of hydrogen-bond acceptors (Lipinski definition) is 1. The van der Waals surface area contributed by atoms with Crippen LogP contribution in [0.1, 0.15) is 5.56 Å². The molecule has 0 bridgehead atoms. The second-order valence-electron chi connectivity index (χ2n) is 2.52. The van der Waals surface area contributed by atoms with E-state index in [-0.39, 0.29) is 0 Å². The molecule has 0 aliphatic carbocycles. The molecule has 0 saturated heterocycles. The van der Waals surface area contributed by atoms with Gasteiger partial charge in [0.25, 0.3) is 0 Å². The van der Waals surface area contributed by atoms with Crippen LogP contribution in [0.3, 0.4) is 0 Å². The van der Waals surface area contributed by atoms with Crippen LogP contribution >= 0.6 is 31.9 Å². The maximum absolute atomic E-state index is 8.06. The van der Waals surface area contributed by atoms with Crippen LogP contribution in [0.2, 0.25) is 0 Å². The van der Waals surface area contributed by atoms with Crippen molar-refractivity contribution >= 4 is 37.9 Å². The second kappa shape index (κ2) is 5.86. The van der Waals surface area contributed by atoms with E-state index in [2.05, 4.69) is 41.9 Å². The Morgan fingerprint density at radius 3 is 2.50 bits per heavy atom. The van der Waals surface area contributed by atoms with Gasteiger partial charge >= 0.3 is 0 Å². The summed E-state index contributed by atoms with van der Waals surface area (Å²) < 4.78 is 2.02. The predicted octanol–water partition coefficient (Wildman–Crippen LogP) is 4.54. The fourth-order valence-electron chi connectivity index (χ4n) is 0.944. The third-order valence-corrected chi connectivity index (χ3v) is 2.36. The van der Waals surface area contributed by atoms with Crippen molar-refractivity contribution in [1.29, 1.82) is 0 Å². The summed E-state index contributed by atoms with van der Waals surface area (Å²) in [5.41, 5.74) is 9.12. The first-order valence-corrected chi connectivity index (χ1v) is 5.44. The van der Waals surface area contributed by atoms with E-state index in [0.29, 0.717) is 6.54 Å². The molecule has 0 unspecified atom stereocenters. The van der Waals surface area contributed by atoms with Gasteiger partial charge in [-0.25, -0.2) is 0 Å². The molecule has 0 N–H and O–H groups in total. The van der Waals surface area contributed by atoms with Gasteiger partial charge in [-0.05, 0) is 29.3 Å². The highest BCUT2D eigenvalue weighted by atomic mass is 79.9. The molecule has 72 valence electrons. The van der Waals surface area contributed by atoms with Crippen molar-refractivity contribution in [2.45, 2.75) is 0 Å². The first-order chi connectivity index (χ1) is 6.72. The van der Waals surface area contributed by atoms with Crippen LogP contribution < -0.4 is 0 Å². The zero-order valence-corrected chi connectivity index (χ0v) is 10.4. The van der Waals surface area contributed by atoms with Gasteiger partial charge in [0.15, 0.2) is 0 Å². The fourth-order valence-corrected chi connectivity index (χ4v) is 2.27. The molecule has 1 aromatic rings. The summed E-state index contributed by atoms with van der Waals surface area (Å²) in [6, 6.07) is 5.93. The molecule has 0 radical (unpaired) electrons. The highest BCUT2D eigenvalue weighted by Crippen LogP contribution is 2.20. The van der Waals surface area contributed by atoms with Crippen molar-refractivity contribution in [1.82, 2.24) is 0 Å². The molecule has 14 heavy (non-hydrogen) atoms. The van der Waals surface area contributed by atoms with E-state index in [4.69, 9.17) is 5.53 Å². The van der Waals surface area contributed by atoms with Gasteiger partial charge in [-0.3, -0.25) is 0 Å². The first-order valence-electron chi connectivity index (χ1n) is 3.86. The van der Waals surface area contributed by atoms with Gasteiger partial charge in [0.2, 0.25) is 0 Å². The maximum atomic E-state index is 8.06. The van der Waals surface area contributed by atoms with Crippen LogP contribution in [0.15, 0.2) is 38.3 Å². The van der Waals surface area contributed by atoms with Crippen LogP contribution in [-0.4, -0.2) is 6.54 Å². The lowest BCUT2D eigenvalue weighted by atomic mass is 10.2. The molecular weight excluding hydrogens is 310 g/mol. The molecule has 0 amide bonds. The van der Waals surface area contributed by atoms with Crippen molar-refractivity contribution < 1.29 is 0 Å². The Balaban J connectivity index is 2.75. The molecule has 0 aliphatic rings. The lowest BCUT2D eigenvalue weighted by Crippen LogP contribution is -1.75. The zero-order chi connectivity index (χ0) is 10.4. The molecule has 1 aromatic carbocycles. The lowest BCUT2D eigenvalue weighted by Gasteiger charge is -1.96. The van der Waals surface area contributed by atoms with E-state index in [9.17, 15) is 0 Å². The number of nitrogens with zero attached hydrogens (tertiary/aromatic N) is 3. The molecule has 3 nitrogen and oxygen atoms in total. The third kappa shape index (κ3) is 3.96. The van der Waals surface area contributed by atoms with E-state index >= 15 is 0 Å². The lowest BCUT2D eigenvalue weighted by molar-refractivity contribution is 1.22. The maximum Gasteiger partial charge on any atom is 0.0443 e. The molecule has 0 atom stereocenters. The smallest absolute Gasteiger partial charge is 0.0443 e. The Kier molecular flexibility index (Phi) is 4.73. The van der Waals surface area contributed by atoms with Gasteiger partial charge in [-0.1, -0.05) is 49.1 Å². The summed E-state index contributed by atoms with van der Waals surface area (Å²) in [4.78, 5) is 2.66. The normalized spacial score (nSPS) is 10.1. The Hall–Kier alpha value is -0.770. The number of benzene rings is 1. The Bertz CT molecular complexity index is 375. The summed E-state index contributed by atoms with van der Waals surface area (Å²) >= 11 is 6.78. The quantitative estimate of drug-likeness (QED) is 0.447. The summed E-state index contributed by atoms with van der Waals surface area (Å²) in [6.07, 6.45) is 3.72. The molecule has 5 heteroatoms. The molecule has 0 heterocycles. The van der Waals surface area contributed by atoms with Gasteiger partial charge in [0.1, 0.15) is 0 Å². The van der Waals surface area contributed by atoms with Crippen LogP contribution in [0, 0.1) is 0 Å². The minimum atomic E-state index is 0.376. The van der Waals surface area contributed by atoms with E-state index in [1.54, 1.807) is 0 Å². The van der Waals surface area contributed by atoms with Gasteiger partial charge < -0.3 is 0 Å². The number of rotatable bonds is 3. The van der Waals surface area contributed by atoms with E-state index < -0.39 is 0 Å². The SMILES string of the molecule is [N-]=[N+]=NCC=Cc1cc(Br)cc(Br)c1. The highest BCUT2D eigenvalue weighted by molar-refractivity contribution is 9.11. The molecule has 0 fully saturated rings. The monoisotopic (exact) mass is 315 g/mol. The van der Waals surface area contributed by atoms with Gasteiger partial charge in [-0.2, -0.15) is 0 Å². The minimum absolute atomic E-state index is 0.376. The third-order valence-electron chi connectivity index (χ3n) is 1.45. The van der Waals surface area contributed by atoms with Gasteiger partial charge in [-0.15, -0.1) is 0 Å². The van der Waals surface area contributed by atoms with Crippen LogP contribution in [0.25, 0.3) is 16.5 Å². The van der Waals surface area contributed by atoms with Crippen LogP contribution in [0.4, 0.5) is 0 Å². The van der Waals surface area contributed by atoms with Crippen molar-refractivity contribution in [3.8, 4) is 0 Å². The average Bonchev–Trinajstić information content (AvgIpc) is 2.11. The Morgan fingerprint density at radius 1 is 1.29 bits per heavy atom. The molecule has 0 spiro atoms. The van der Waals surface area contributed by atoms with E-state index in [0.717, 1.165) is 14.5 Å². The summed E-state index contributed by atoms with van der Waals surface area (Å²) in [5, 5.41) is 3.40. The van der Waals surface area contributed by atoms with Gasteiger partial charge in [0, 0.05) is 20.4 Å². The van der Waals surface area contributed by atoms with E-state index in [1.165, 1.54) is 0 Å². The minimum Gasteiger partial charge on any atom is -0.0899 e. The zero-order valence-electron chi connectivity index (χ0n) is 7.19. The van der Waals surface area contributed by atoms with Crippen molar-refractivity contribution in [2.24, 2.45) is 5.11 Å². The standard InChI is InChI=1S/C9H7Br2N3/c10-8-4-7(5-9(11)6-8)2-1-3-13-14-12/h1-2,4-6H,3H2. The fraction of sp³-hybridized carbons (Fsp3) is 0.111. The number of hydrogen-bond donors (Lipinski definition) is 0. The predicted molar refractivity (Wildman–Crippen MR) is 64.9 cm³/mol. The number of azide groups is 1. The van der Waals surface area contributed by atoms with Gasteiger partial charge in [0.05, 0.1) is 0 Å². The second-order valence-corrected chi connectivity index (χ2v) is 4.35. The molecule has 1 rings (SSSR count). The van der Waals surface area contributed by atoms with Crippen LogP contribution in [0.5, 0.6) is 0 Å². The average molecular weight is 317 g/mol. The first kappa shape index (κ1) is 11.3. The summed E-state index contributed by atoms with van der Waals surface area (Å²) in [7, 11) is 0. The molecule has 0 saturated carbocycles. The summed E-state index contributed by atoms with van der Waals surface area (Å²) in [5.74, 6) is 0.